The quantitative estimate of drug-likeness (QED) is 0.699. The van der Waals surface area contributed by atoms with Crippen molar-refractivity contribution in [2.24, 2.45) is 0 Å². The number of hydrogen-bond acceptors (Lipinski definition) is 3. The standard InChI is InChI=1S/C14H8O3/c15-9-2-4-10-8(7-9)1-3-12-11(10)5-6-13(16)14(12)17/h1-7,15H. The average Bonchev–Trinajstić information content (AvgIpc) is 2.33. The van der Waals surface area contributed by atoms with E-state index < -0.39 is 11.6 Å². The molecule has 0 bridgehead atoms. The summed E-state index contributed by atoms with van der Waals surface area (Å²) >= 11 is 0. The number of aromatic hydroxyl groups is 1. The Morgan fingerprint density at radius 1 is 0.941 bits per heavy atom. The molecule has 0 saturated carbocycles. The van der Waals surface area contributed by atoms with E-state index in [1.165, 1.54) is 6.08 Å². The van der Waals surface area contributed by atoms with Crippen molar-refractivity contribution in [2.75, 3.05) is 0 Å². The average molecular weight is 224 g/mol. The molecule has 1 N–H and O–H groups in total. The maximum Gasteiger partial charge on any atom is 0.233 e. The molecule has 3 nitrogen and oxygen atoms in total. The van der Waals surface area contributed by atoms with Gasteiger partial charge in [-0.15, -0.1) is 0 Å². The highest BCUT2D eigenvalue weighted by Crippen LogP contribution is 2.29. The predicted octanol–water partition coefficient (Wildman–Crippen LogP) is 2.32. The highest BCUT2D eigenvalue weighted by molar-refractivity contribution is 6.50. The minimum absolute atomic E-state index is 0.180. The van der Waals surface area contributed by atoms with E-state index in [1.807, 2.05) is 0 Å². The van der Waals surface area contributed by atoms with Crippen LogP contribution in [0.2, 0.25) is 0 Å². The van der Waals surface area contributed by atoms with Gasteiger partial charge in [0.15, 0.2) is 0 Å². The predicted molar refractivity (Wildman–Crippen MR) is 64.0 cm³/mol. The Labute approximate surface area is 97.0 Å². The number of phenolic OH excluding ortho intramolecular Hbond substituents is 1. The van der Waals surface area contributed by atoms with Crippen molar-refractivity contribution in [3.05, 3.63) is 47.5 Å². The van der Waals surface area contributed by atoms with E-state index in [4.69, 9.17) is 0 Å². The van der Waals surface area contributed by atoms with E-state index in [9.17, 15) is 14.7 Å². The van der Waals surface area contributed by atoms with E-state index in [2.05, 4.69) is 0 Å². The molecule has 0 aromatic heterocycles. The zero-order valence-corrected chi connectivity index (χ0v) is 8.81. The highest BCUT2D eigenvalue weighted by atomic mass is 16.3. The monoisotopic (exact) mass is 224 g/mol. The first-order valence-electron chi connectivity index (χ1n) is 5.19. The first-order chi connectivity index (χ1) is 8.16. The van der Waals surface area contributed by atoms with Crippen LogP contribution in [0.5, 0.6) is 5.75 Å². The second-order valence-electron chi connectivity index (χ2n) is 3.96. The summed E-state index contributed by atoms with van der Waals surface area (Å²) in [5.74, 6) is -0.784. The number of benzene rings is 2. The topological polar surface area (TPSA) is 54.4 Å². The summed E-state index contributed by atoms with van der Waals surface area (Å²) in [6, 6.07) is 8.30. The Morgan fingerprint density at radius 3 is 2.59 bits per heavy atom. The Morgan fingerprint density at radius 2 is 1.76 bits per heavy atom. The van der Waals surface area contributed by atoms with E-state index in [1.54, 1.807) is 36.4 Å². The number of hydrogen-bond donors (Lipinski definition) is 1. The third kappa shape index (κ3) is 1.36. The molecule has 17 heavy (non-hydrogen) atoms. The van der Waals surface area contributed by atoms with Gasteiger partial charge in [-0.05, 0) is 46.7 Å². The molecule has 0 amide bonds. The molecule has 0 fully saturated rings. The fourth-order valence-electron chi connectivity index (χ4n) is 2.09. The Balaban J connectivity index is 2.40. The number of rotatable bonds is 0. The number of allylic oxidation sites excluding steroid dienone is 1. The van der Waals surface area contributed by atoms with Gasteiger partial charge in [0.2, 0.25) is 11.6 Å². The van der Waals surface area contributed by atoms with Gasteiger partial charge < -0.3 is 5.11 Å². The third-order valence-electron chi connectivity index (χ3n) is 2.91. The maximum absolute atomic E-state index is 11.7. The van der Waals surface area contributed by atoms with Crippen LogP contribution in [0.3, 0.4) is 0 Å². The normalized spacial score (nSPS) is 14.1. The first-order valence-corrected chi connectivity index (χ1v) is 5.19. The van der Waals surface area contributed by atoms with Crippen LogP contribution in [0.15, 0.2) is 36.4 Å². The summed E-state index contributed by atoms with van der Waals surface area (Å²) in [6.07, 6.45) is 2.94. The molecule has 0 heterocycles. The second-order valence-corrected chi connectivity index (χ2v) is 3.96. The summed E-state index contributed by atoms with van der Waals surface area (Å²) in [7, 11) is 0. The van der Waals surface area contributed by atoms with E-state index >= 15 is 0 Å². The minimum Gasteiger partial charge on any atom is -0.508 e. The summed E-state index contributed by atoms with van der Waals surface area (Å²) in [5, 5.41) is 11.1. The van der Waals surface area contributed by atoms with Crippen molar-refractivity contribution in [1.82, 2.24) is 0 Å². The molecule has 0 unspecified atom stereocenters. The lowest BCUT2D eigenvalue weighted by Crippen LogP contribution is -2.16. The SMILES string of the molecule is O=C1C=Cc2c(ccc3cc(O)ccc23)C1=O. The van der Waals surface area contributed by atoms with Crippen LogP contribution in [0.1, 0.15) is 15.9 Å². The van der Waals surface area contributed by atoms with Crippen molar-refractivity contribution in [3.8, 4) is 5.75 Å². The fourth-order valence-corrected chi connectivity index (χ4v) is 2.09. The Kier molecular flexibility index (Phi) is 1.89. The molecule has 82 valence electrons. The van der Waals surface area contributed by atoms with Gasteiger partial charge in [0, 0.05) is 5.56 Å². The zero-order chi connectivity index (χ0) is 12.0. The van der Waals surface area contributed by atoms with Gasteiger partial charge in [-0.2, -0.15) is 0 Å². The smallest absolute Gasteiger partial charge is 0.233 e. The number of phenols is 1. The van der Waals surface area contributed by atoms with Crippen LogP contribution >= 0.6 is 0 Å². The zero-order valence-electron chi connectivity index (χ0n) is 8.81. The third-order valence-corrected chi connectivity index (χ3v) is 2.91. The molecule has 0 atom stereocenters. The van der Waals surface area contributed by atoms with E-state index in [-0.39, 0.29) is 5.75 Å². The summed E-state index contributed by atoms with van der Waals surface area (Å²) in [5.41, 5.74) is 1.17. The number of carbonyl (C=O) groups is 2. The summed E-state index contributed by atoms with van der Waals surface area (Å²) in [6.45, 7) is 0. The molecular weight excluding hydrogens is 216 g/mol. The van der Waals surface area contributed by atoms with Crippen LogP contribution in [0.25, 0.3) is 16.8 Å². The van der Waals surface area contributed by atoms with Crippen molar-refractivity contribution in [3.63, 3.8) is 0 Å². The lowest BCUT2D eigenvalue weighted by molar-refractivity contribution is -0.110. The number of Topliss-reactive ketones (excluding diaryl/α,β-unsaturated/α-hetero) is 1. The first kappa shape index (κ1) is 9.78. The van der Waals surface area contributed by atoms with Crippen LogP contribution in [-0.2, 0) is 4.79 Å². The molecule has 2 aromatic carbocycles. The van der Waals surface area contributed by atoms with Crippen LogP contribution in [-0.4, -0.2) is 16.7 Å². The highest BCUT2D eigenvalue weighted by Gasteiger charge is 2.21. The summed E-state index contributed by atoms with van der Waals surface area (Å²) < 4.78 is 0. The van der Waals surface area contributed by atoms with Gasteiger partial charge >= 0.3 is 0 Å². The van der Waals surface area contributed by atoms with Crippen LogP contribution < -0.4 is 0 Å². The minimum atomic E-state index is -0.490. The molecule has 0 spiro atoms. The molecule has 3 rings (SSSR count). The van der Waals surface area contributed by atoms with Crippen LogP contribution in [0.4, 0.5) is 0 Å². The number of carbonyl (C=O) groups excluding carboxylic acids is 2. The molecule has 0 aliphatic heterocycles. The molecule has 1 aliphatic rings. The molecule has 2 aromatic rings. The van der Waals surface area contributed by atoms with Gasteiger partial charge in [0.25, 0.3) is 0 Å². The van der Waals surface area contributed by atoms with Crippen molar-refractivity contribution < 1.29 is 14.7 Å². The van der Waals surface area contributed by atoms with Gasteiger partial charge in [-0.1, -0.05) is 12.1 Å². The largest absolute Gasteiger partial charge is 0.508 e. The van der Waals surface area contributed by atoms with Crippen molar-refractivity contribution in [2.45, 2.75) is 0 Å². The van der Waals surface area contributed by atoms with Crippen LogP contribution in [0, 0.1) is 0 Å². The number of ketones is 2. The molecule has 1 aliphatic carbocycles. The fraction of sp³-hybridized carbons (Fsp3) is 0. The molecular formula is C14H8O3. The lowest BCUT2D eigenvalue weighted by atomic mass is 9.91. The van der Waals surface area contributed by atoms with Gasteiger partial charge in [0.1, 0.15) is 5.75 Å². The van der Waals surface area contributed by atoms with Crippen molar-refractivity contribution >= 4 is 28.4 Å². The molecule has 3 heteroatoms. The Bertz CT molecular complexity index is 696. The van der Waals surface area contributed by atoms with E-state index in [0.717, 1.165) is 16.3 Å². The van der Waals surface area contributed by atoms with Gasteiger partial charge in [-0.25, -0.2) is 0 Å². The maximum atomic E-state index is 11.7. The number of fused-ring (bicyclic) bond motifs is 3. The van der Waals surface area contributed by atoms with Gasteiger partial charge in [0.05, 0.1) is 0 Å². The molecule has 0 radical (unpaired) electrons. The second kappa shape index (κ2) is 3.28. The Hall–Kier alpha value is -2.42. The van der Waals surface area contributed by atoms with Crippen molar-refractivity contribution in [1.29, 1.82) is 0 Å². The lowest BCUT2D eigenvalue weighted by Gasteiger charge is -2.11. The van der Waals surface area contributed by atoms with Gasteiger partial charge in [-0.3, -0.25) is 9.59 Å². The summed E-state index contributed by atoms with van der Waals surface area (Å²) in [4.78, 5) is 22.9. The molecule has 0 saturated heterocycles. The van der Waals surface area contributed by atoms with E-state index in [0.29, 0.717) is 5.56 Å².